The van der Waals surface area contributed by atoms with Crippen molar-refractivity contribution in [2.45, 2.75) is 32.2 Å². The minimum Gasteiger partial charge on any atom is -0.466 e. The molecule has 1 saturated carbocycles. The number of rotatable bonds is 3. The van der Waals surface area contributed by atoms with Gasteiger partial charge in [-0.1, -0.05) is 6.42 Å². The van der Waals surface area contributed by atoms with Gasteiger partial charge in [0, 0.05) is 6.04 Å². The molecule has 0 amide bonds. The second kappa shape index (κ2) is 4.45. The van der Waals surface area contributed by atoms with E-state index in [0.717, 1.165) is 19.3 Å². The Morgan fingerprint density at radius 2 is 2.33 bits per heavy atom. The number of hydrogen-bond donors (Lipinski definition) is 1. The number of ether oxygens (including phenoxy) is 1. The number of nitrogens with one attached hydrogen (secondary N) is 1. The molecule has 3 nitrogen and oxygen atoms in total. The lowest BCUT2D eigenvalue weighted by atomic mass is 10.0. The molecule has 0 bridgehead atoms. The van der Waals surface area contributed by atoms with Gasteiger partial charge < -0.3 is 10.1 Å². The maximum absolute atomic E-state index is 11.4. The first kappa shape index (κ1) is 9.52. The van der Waals surface area contributed by atoms with Gasteiger partial charge in [0.05, 0.1) is 12.5 Å². The van der Waals surface area contributed by atoms with Crippen LogP contribution >= 0.6 is 0 Å². The third-order valence-corrected chi connectivity index (χ3v) is 2.48. The molecule has 12 heavy (non-hydrogen) atoms. The lowest BCUT2D eigenvalue weighted by Gasteiger charge is -2.16. The molecule has 0 aromatic carbocycles. The van der Waals surface area contributed by atoms with Crippen LogP contribution in [-0.2, 0) is 9.53 Å². The summed E-state index contributed by atoms with van der Waals surface area (Å²) in [5.74, 6) is 0.0595. The molecule has 1 aliphatic carbocycles. The maximum Gasteiger partial charge on any atom is 0.310 e. The minimum atomic E-state index is -0.0330. The zero-order valence-electron chi connectivity index (χ0n) is 7.80. The standard InChI is InChI=1S/C9H17NO2/c1-3-12-9(11)7-5-4-6-8(7)10-2/h7-8,10H,3-6H2,1-2H3/t7-,8-/m0/s1. The monoisotopic (exact) mass is 171 g/mol. The van der Waals surface area contributed by atoms with Gasteiger partial charge in [-0.05, 0) is 26.8 Å². The first-order chi connectivity index (χ1) is 5.79. The third-order valence-electron chi connectivity index (χ3n) is 2.48. The van der Waals surface area contributed by atoms with Crippen LogP contribution in [0.2, 0.25) is 0 Å². The van der Waals surface area contributed by atoms with E-state index in [1.165, 1.54) is 0 Å². The average Bonchev–Trinajstić information content (AvgIpc) is 2.51. The lowest BCUT2D eigenvalue weighted by molar-refractivity contribution is -0.148. The summed E-state index contributed by atoms with van der Waals surface area (Å²) in [4.78, 5) is 11.4. The molecule has 3 heteroatoms. The highest BCUT2D eigenvalue weighted by Crippen LogP contribution is 2.26. The predicted molar refractivity (Wildman–Crippen MR) is 46.8 cm³/mol. The molecule has 0 heterocycles. The van der Waals surface area contributed by atoms with Crippen molar-refractivity contribution in [3.05, 3.63) is 0 Å². The smallest absolute Gasteiger partial charge is 0.310 e. The summed E-state index contributed by atoms with van der Waals surface area (Å²) >= 11 is 0. The molecule has 1 aliphatic rings. The Hall–Kier alpha value is -0.570. The molecule has 1 N–H and O–H groups in total. The van der Waals surface area contributed by atoms with Crippen LogP contribution in [0, 0.1) is 5.92 Å². The molecule has 0 spiro atoms. The fourth-order valence-electron chi connectivity index (χ4n) is 1.84. The molecule has 70 valence electrons. The highest BCUT2D eigenvalue weighted by molar-refractivity contribution is 5.73. The summed E-state index contributed by atoms with van der Waals surface area (Å²) in [5.41, 5.74) is 0. The first-order valence-corrected chi connectivity index (χ1v) is 4.63. The van der Waals surface area contributed by atoms with Crippen LogP contribution in [-0.4, -0.2) is 25.7 Å². The Bertz CT molecular complexity index is 159. The summed E-state index contributed by atoms with van der Waals surface area (Å²) in [6.45, 7) is 2.34. The van der Waals surface area contributed by atoms with Gasteiger partial charge in [0.1, 0.15) is 0 Å². The van der Waals surface area contributed by atoms with E-state index in [2.05, 4.69) is 5.32 Å². The highest BCUT2D eigenvalue weighted by Gasteiger charge is 2.32. The van der Waals surface area contributed by atoms with Crippen LogP contribution in [0.3, 0.4) is 0 Å². The van der Waals surface area contributed by atoms with Crippen LogP contribution in [0.5, 0.6) is 0 Å². The average molecular weight is 171 g/mol. The molecule has 0 aliphatic heterocycles. The van der Waals surface area contributed by atoms with E-state index in [1.807, 2.05) is 14.0 Å². The number of hydrogen-bond acceptors (Lipinski definition) is 3. The van der Waals surface area contributed by atoms with E-state index in [4.69, 9.17) is 4.74 Å². The molecule has 1 fully saturated rings. The van der Waals surface area contributed by atoms with Gasteiger partial charge in [0.15, 0.2) is 0 Å². The van der Waals surface area contributed by atoms with Crippen molar-refractivity contribution in [3.63, 3.8) is 0 Å². The molecule has 0 unspecified atom stereocenters. The third kappa shape index (κ3) is 1.97. The van der Waals surface area contributed by atoms with Crippen molar-refractivity contribution in [2.75, 3.05) is 13.7 Å². The molecular weight excluding hydrogens is 154 g/mol. The van der Waals surface area contributed by atoms with Crippen LogP contribution in [0.1, 0.15) is 26.2 Å². The van der Waals surface area contributed by atoms with Gasteiger partial charge in [-0.3, -0.25) is 4.79 Å². The van der Waals surface area contributed by atoms with Crippen molar-refractivity contribution in [3.8, 4) is 0 Å². The number of carbonyl (C=O) groups excluding carboxylic acids is 1. The number of carbonyl (C=O) groups is 1. The van der Waals surface area contributed by atoms with Crippen molar-refractivity contribution in [2.24, 2.45) is 5.92 Å². The van der Waals surface area contributed by atoms with Crippen molar-refractivity contribution < 1.29 is 9.53 Å². The summed E-state index contributed by atoms with van der Waals surface area (Å²) in [6, 6.07) is 0.337. The van der Waals surface area contributed by atoms with Crippen LogP contribution < -0.4 is 5.32 Å². The fraction of sp³-hybridized carbons (Fsp3) is 0.889. The molecule has 0 saturated heterocycles. The summed E-state index contributed by atoms with van der Waals surface area (Å²) < 4.78 is 4.98. The van der Waals surface area contributed by atoms with Crippen LogP contribution in [0.25, 0.3) is 0 Å². The Morgan fingerprint density at radius 1 is 1.58 bits per heavy atom. The lowest BCUT2D eigenvalue weighted by Crippen LogP contribution is -2.34. The van der Waals surface area contributed by atoms with Gasteiger partial charge in [-0.25, -0.2) is 0 Å². The van der Waals surface area contributed by atoms with E-state index in [0.29, 0.717) is 12.6 Å². The van der Waals surface area contributed by atoms with Crippen molar-refractivity contribution in [1.29, 1.82) is 0 Å². The Kier molecular flexibility index (Phi) is 3.53. The van der Waals surface area contributed by atoms with Gasteiger partial charge in [-0.15, -0.1) is 0 Å². The molecule has 0 aromatic rings. The topological polar surface area (TPSA) is 38.3 Å². The van der Waals surface area contributed by atoms with Gasteiger partial charge in [-0.2, -0.15) is 0 Å². The van der Waals surface area contributed by atoms with Crippen molar-refractivity contribution in [1.82, 2.24) is 5.32 Å². The summed E-state index contributed by atoms with van der Waals surface area (Å²) in [7, 11) is 1.90. The van der Waals surface area contributed by atoms with E-state index in [9.17, 15) is 4.79 Å². The zero-order valence-corrected chi connectivity index (χ0v) is 7.80. The Balaban J connectivity index is 2.43. The van der Waals surface area contributed by atoms with E-state index < -0.39 is 0 Å². The summed E-state index contributed by atoms with van der Waals surface area (Å²) in [5, 5.41) is 3.15. The fourth-order valence-corrected chi connectivity index (χ4v) is 1.84. The van der Waals surface area contributed by atoms with Gasteiger partial charge >= 0.3 is 5.97 Å². The summed E-state index contributed by atoms with van der Waals surface area (Å²) in [6.07, 6.45) is 3.21. The normalized spacial score (nSPS) is 28.8. The first-order valence-electron chi connectivity index (χ1n) is 4.63. The minimum absolute atomic E-state index is 0.0330. The Labute approximate surface area is 73.5 Å². The SMILES string of the molecule is CCOC(=O)[C@H]1CCC[C@@H]1NC. The Morgan fingerprint density at radius 3 is 2.92 bits per heavy atom. The van der Waals surface area contributed by atoms with Gasteiger partial charge in [0.2, 0.25) is 0 Å². The van der Waals surface area contributed by atoms with E-state index in [1.54, 1.807) is 0 Å². The van der Waals surface area contributed by atoms with E-state index >= 15 is 0 Å². The highest BCUT2D eigenvalue weighted by atomic mass is 16.5. The second-order valence-electron chi connectivity index (χ2n) is 3.18. The van der Waals surface area contributed by atoms with Crippen molar-refractivity contribution >= 4 is 5.97 Å². The quantitative estimate of drug-likeness (QED) is 0.642. The second-order valence-corrected chi connectivity index (χ2v) is 3.18. The number of esters is 1. The van der Waals surface area contributed by atoms with E-state index in [-0.39, 0.29) is 11.9 Å². The molecule has 1 rings (SSSR count). The van der Waals surface area contributed by atoms with Crippen LogP contribution in [0.4, 0.5) is 0 Å². The molecular formula is C9H17NO2. The van der Waals surface area contributed by atoms with Crippen LogP contribution in [0.15, 0.2) is 0 Å². The molecule has 2 atom stereocenters. The zero-order chi connectivity index (χ0) is 8.97. The largest absolute Gasteiger partial charge is 0.466 e. The maximum atomic E-state index is 11.4. The van der Waals surface area contributed by atoms with Gasteiger partial charge in [0.25, 0.3) is 0 Å². The molecule has 0 aromatic heterocycles. The molecule has 0 radical (unpaired) electrons. The predicted octanol–water partition coefficient (Wildman–Crippen LogP) is 0.938.